The van der Waals surface area contributed by atoms with Crippen LogP contribution in [0.4, 0.5) is 0 Å². The topological polar surface area (TPSA) is 33.5 Å². The van der Waals surface area contributed by atoms with Gasteiger partial charge in [0.1, 0.15) is 5.76 Å². The van der Waals surface area contributed by atoms with E-state index in [2.05, 4.69) is 18.1 Å². The molecule has 0 bridgehead atoms. The van der Waals surface area contributed by atoms with Gasteiger partial charge in [0.25, 0.3) is 5.24 Å². The van der Waals surface area contributed by atoms with E-state index in [0.29, 0.717) is 12.3 Å². The monoisotopic (exact) mass is 239 g/mol. The van der Waals surface area contributed by atoms with Gasteiger partial charge in [-0.05, 0) is 23.7 Å². The van der Waals surface area contributed by atoms with Crippen molar-refractivity contribution in [2.75, 3.05) is 13.1 Å². The van der Waals surface area contributed by atoms with Crippen molar-refractivity contribution >= 4 is 16.8 Å². The van der Waals surface area contributed by atoms with E-state index in [0.717, 1.165) is 13.1 Å². The highest BCUT2D eigenvalue weighted by atomic mass is 35.5. The summed E-state index contributed by atoms with van der Waals surface area (Å²) in [7, 11) is 0. The summed E-state index contributed by atoms with van der Waals surface area (Å²) in [5.74, 6) is 0.876. The fraction of sp³-hybridized carbons (Fsp3) is 0.250. The highest BCUT2D eigenvalue weighted by Gasteiger charge is 2.10. The van der Waals surface area contributed by atoms with Crippen LogP contribution >= 0.6 is 11.6 Å². The Hall–Kier alpha value is -1.32. The van der Waals surface area contributed by atoms with E-state index in [1.165, 1.54) is 0 Å². The van der Waals surface area contributed by atoms with Crippen LogP contribution in [-0.2, 0) is 6.54 Å². The quantitative estimate of drug-likeness (QED) is 0.542. The fourth-order valence-electron chi connectivity index (χ4n) is 1.36. The molecule has 0 aliphatic rings. The zero-order valence-corrected chi connectivity index (χ0v) is 9.74. The molecule has 0 saturated carbocycles. The number of nitrogens with zero attached hydrogens (tertiary/aromatic N) is 1. The lowest BCUT2D eigenvalue weighted by atomic mass is 10.3. The first-order chi connectivity index (χ1) is 7.67. The Bertz CT molecular complexity index is 374. The molecule has 3 nitrogen and oxygen atoms in total. The van der Waals surface area contributed by atoms with E-state index in [9.17, 15) is 4.79 Å². The third-order valence-electron chi connectivity index (χ3n) is 2.01. The third-order valence-corrected chi connectivity index (χ3v) is 2.20. The summed E-state index contributed by atoms with van der Waals surface area (Å²) in [5, 5.41) is -0.578. The van der Waals surface area contributed by atoms with Gasteiger partial charge in [0.15, 0.2) is 5.76 Å². The average Bonchev–Trinajstić information content (AvgIpc) is 2.67. The SMILES string of the molecule is C=CCN(CC=C)Cc1ccc(C(=O)Cl)o1. The highest BCUT2D eigenvalue weighted by Crippen LogP contribution is 2.12. The van der Waals surface area contributed by atoms with E-state index < -0.39 is 5.24 Å². The van der Waals surface area contributed by atoms with Crippen molar-refractivity contribution in [1.82, 2.24) is 4.90 Å². The van der Waals surface area contributed by atoms with Gasteiger partial charge in [0.05, 0.1) is 6.54 Å². The van der Waals surface area contributed by atoms with Crippen molar-refractivity contribution in [3.63, 3.8) is 0 Å². The summed E-state index contributed by atoms with van der Waals surface area (Å²) in [6.07, 6.45) is 3.61. The first kappa shape index (κ1) is 12.7. The van der Waals surface area contributed by atoms with Crippen molar-refractivity contribution in [2.24, 2.45) is 0 Å². The van der Waals surface area contributed by atoms with E-state index in [1.807, 2.05) is 0 Å². The maximum atomic E-state index is 10.8. The largest absolute Gasteiger partial charge is 0.455 e. The summed E-state index contributed by atoms with van der Waals surface area (Å²) in [6, 6.07) is 3.32. The van der Waals surface area contributed by atoms with Gasteiger partial charge in [-0.1, -0.05) is 12.2 Å². The average molecular weight is 240 g/mol. The molecule has 0 spiro atoms. The van der Waals surface area contributed by atoms with Gasteiger partial charge in [0, 0.05) is 13.1 Å². The molecule has 1 aromatic heterocycles. The van der Waals surface area contributed by atoms with Gasteiger partial charge in [-0.3, -0.25) is 9.69 Å². The molecule has 1 aromatic rings. The highest BCUT2D eigenvalue weighted by molar-refractivity contribution is 6.67. The molecule has 16 heavy (non-hydrogen) atoms. The number of carbonyl (C=O) groups is 1. The molecule has 4 heteroatoms. The lowest BCUT2D eigenvalue weighted by Crippen LogP contribution is -2.22. The molecule has 0 fully saturated rings. The van der Waals surface area contributed by atoms with Crippen LogP contribution in [0.25, 0.3) is 0 Å². The fourth-order valence-corrected chi connectivity index (χ4v) is 1.46. The number of hydrogen-bond acceptors (Lipinski definition) is 3. The number of furan rings is 1. The van der Waals surface area contributed by atoms with Crippen molar-refractivity contribution < 1.29 is 9.21 Å². The van der Waals surface area contributed by atoms with Crippen LogP contribution in [0.2, 0.25) is 0 Å². The lowest BCUT2D eigenvalue weighted by molar-refractivity contribution is 0.105. The minimum atomic E-state index is -0.578. The lowest BCUT2D eigenvalue weighted by Gasteiger charge is -2.16. The van der Waals surface area contributed by atoms with Crippen molar-refractivity contribution in [2.45, 2.75) is 6.54 Å². The molecular weight excluding hydrogens is 226 g/mol. The van der Waals surface area contributed by atoms with Crippen molar-refractivity contribution in [3.05, 3.63) is 49.0 Å². The second-order valence-electron chi connectivity index (χ2n) is 3.31. The maximum Gasteiger partial charge on any atom is 0.287 e. The summed E-state index contributed by atoms with van der Waals surface area (Å²) in [5.41, 5.74) is 0. The van der Waals surface area contributed by atoms with Crippen LogP contribution in [0.15, 0.2) is 41.9 Å². The van der Waals surface area contributed by atoms with Crippen LogP contribution in [0.3, 0.4) is 0 Å². The van der Waals surface area contributed by atoms with E-state index in [-0.39, 0.29) is 5.76 Å². The summed E-state index contributed by atoms with van der Waals surface area (Å²) < 4.78 is 5.28. The van der Waals surface area contributed by atoms with E-state index >= 15 is 0 Å². The summed E-state index contributed by atoms with van der Waals surface area (Å²) >= 11 is 5.30. The number of carbonyl (C=O) groups excluding carboxylic acids is 1. The Kier molecular flexibility index (Phi) is 5.02. The Morgan fingerprint density at radius 2 is 2.00 bits per heavy atom. The molecule has 1 rings (SSSR count). The van der Waals surface area contributed by atoms with Crippen LogP contribution in [-0.4, -0.2) is 23.2 Å². The van der Waals surface area contributed by atoms with Crippen LogP contribution < -0.4 is 0 Å². The molecule has 0 atom stereocenters. The Labute approximate surface area is 100.0 Å². The van der Waals surface area contributed by atoms with Gasteiger partial charge in [0.2, 0.25) is 0 Å². The van der Waals surface area contributed by atoms with Crippen LogP contribution in [0.1, 0.15) is 16.3 Å². The Morgan fingerprint density at radius 1 is 1.38 bits per heavy atom. The number of hydrogen-bond donors (Lipinski definition) is 0. The second-order valence-corrected chi connectivity index (χ2v) is 3.65. The zero-order valence-electron chi connectivity index (χ0n) is 8.99. The zero-order chi connectivity index (χ0) is 12.0. The summed E-state index contributed by atoms with van der Waals surface area (Å²) in [6.45, 7) is 9.42. The first-order valence-electron chi connectivity index (χ1n) is 4.90. The second kappa shape index (κ2) is 6.30. The Morgan fingerprint density at radius 3 is 2.44 bits per heavy atom. The third kappa shape index (κ3) is 3.68. The van der Waals surface area contributed by atoms with Gasteiger partial charge >= 0.3 is 0 Å². The minimum Gasteiger partial charge on any atom is -0.455 e. The number of halogens is 1. The number of rotatable bonds is 7. The molecule has 0 radical (unpaired) electrons. The van der Waals surface area contributed by atoms with Gasteiger partial charge < -0.3 is 4.42 Å². The van der Waals surface area contributed by atoms with Crippen molar-refractivity contribution in [1.29, 1.82) is 0 Å². The van der Waals surface area contributed by atoms with Gasteiger partial charge in [-0.2, -0.15) is 0 Å². The van der Waals surface area contributed by atoms with Crippen molar-refractivity contribution in [3.8, 4) is 0 Å². The van der Waals surface area contributed by atoms with Crippen LogP contribution in [0, 0.1) is 0 Å². The molecule has 0 amide bonds. The molecule has 0 aliphatic carbocycles. The van der Waals surface area contributed by atoms with Gasteiger partial charge in [-0.25, -0.2) is 0 Å². The maximum absolute atomic E-state index is 10.8. The Balaban J connectivity index is 2.65. The molecule has 0 aliphatic heterocycles. The van der Waals surface area contributed by atoms with E-state index in [1.54, 1.807) is 24.3 Å². The molecule has 86 valence electrons. The van der Waals surface area contributed by atoms with Gasteiger partial charge in [-0.15, -0.1) is 13.2 Å². The smallest absolute Gasteiger partial charge is 0.287 e. The molecule has 0 unspecified atom stereocenters. The molecule has 0 N–H and O–H groups in total. The minimum absolute atomic E-state index is 0.175. The predicted octanol–water partition coefficient (Wildman–Crippen LogP) is 2.83. The predicted molar refractivity (Wildman–Crippen MR) is 64.6 cm³/mol. The first-order valence-corrected chi connectivity index (χ1v) is 5.28. The molecular formula is C12H14ClNO2. The normalized spacial score (nSPS) is 10.4. The van der Waals surface area contributed by atoms with Crippen LogP contribution in [0.5, 0.6) is 0 Å². The summed E-state index contributed by atoms with van der Waals surface area (Å²) in [4.78, 5) is 12.9. The van der Waals surface area contributed by atoms with E-state index in [4.69, 9.17) is 16.0 Å². The molecule has 1 heterocycles. The standard InChI is InChI=1S/C12H14ClNO2/c1-3-7-14(8-4-2)9-10-5-6-11(16-10)12(13)15/h3-6H,1-2,7-9H2. The molecule has 0 aromatic carbocycles. The molecule has 0 saturated heterocycles.